The zero-order valence-electron chi connectivity index (χ0n) is 34.5. The topological polar surface area (TPSA) is 186 Å². The molecule has 3 N–H and O–H groups in total. The van der Waals surface area contributed by atoms with E-state index in [1.807, 2.05) is 31.2 Å². The molecular formula is C43H50N7O8PS. The zero-order valence-corrected chi connectivity index (χ0v) is 36.2. The fourth-order valence-corrected chi connectivity index (χ4v) is 12.1. The van der Waals surface area contributed by atoms with Crippen molar-refractivity contribution in [3.8, 4) is 5.75 Å². The lowest BCUT2D eigenvalue weighted by Crippen LogP contribution is -2.61. The van der Waals surface area contributed by atoms with Crippen LogP contribution >= 0.6 is 18.9 Å². The lowest BCUT2D eigenvalue weighted by Gasteiger charge is -2.39. The Bertz CT molecular complexity index is 2500. The highest BCUT2D eigenvalue weighted by Gasteiger charge is 2.46. The van der Waals surface area contributed by atoms with Crippen molar-refractivity contribution in [1.82, 2.24) is 34.9 Å². The first kappa shape index (κ1) is 42.6. The zero-order chi connectivity index (χ0) is 43.0. The number of nitrogens with one attached hydrogen (secondary N) is 2. The van der Waals surface area contributed by atoms with E-state index >= 15 is 0 Å². The van der Waals surface area contributed by atoms with Crippen LogP contribution in [0.5, 0.6) is 5.75 Å². The third kappa shape index (κ3) is 8.54. The van der Waals surface area contributed by atoms with Gasteiger partial charge in [-0.15, -0.1) is 11.3 Å². The van der Waals surface area contributed by atoms with Crippen LogP contribution in [0.2, 0.25) is 0 Å². The maximum atomic E-state index is 14.9. The van der Waals surface area contributed by atoms with Crippen LogP contribution in [0.15, 0.2) is 72.8 Å². The molecule has 5 aromatic rings. The summed E-state index contributed by atoms with van der Waals surface area (Å²) in [7, 11) is -0.573. The molecule has 4 heterocycles. The number of benzene rings is 3. The fourth-order valence-electron chi connectivity index (χ4n) is 8.39. The van der Waals surface area contributed by atoms with E-state index in [1.165, 1.54) is 27.8 Å². The summed E-state index contributed by atoms with van der Waals surface area (Å²) < 4.78 is 23.2. The van der Waals surface area contributed by atoms with Crippen LogP contribution in [-0.2, 0) is 25.1 Å². The number of para-hydroxylation sites is 1. The Morgan fingerprint density at radius 1 is 1.02 bits per heavy atom. The van der Waals surface area contributed by atoms with E-state index < -0.39 is 49.5 Å². The lowest BCUT2D eigenvalue weighted by atomic mass is 10.1. The molecule has 60 heavy (non-hydrogen) atoms. The molecule has 0 saturated carbocycles. The maximum absolute atomic E-state index is 14.9. The minimum Gasteiger partial charge on any atom is -0.480 e. The highest BCUT2D eigenvalue weighted by molar-refractivity contribution is 7.56. The molecule has 0 radical (unpaired) electrons. The van der Waals surface area contributed by atoms with Gasteiger partial charge in [-0.3, -0.25) is 33.6 Å². The molecule has 2 saturated heterocycles. The monoisotopic (exact) mass is 855 g/mol. The number of likely N-dealkylation sites (N-methyl/N-ethyl adjacent to an activating group) is 1. The smallest absolute Gasteiger partial charge is 0.324 e. The van der Waals surface area contributed by atoms with Crippen LogP contribution in [0, 0.1) is 6.92 Å². The van der Waals surface area contributed by atoms with E-state index in [0.717, 1.165) is 10.3 Å². The van der Waals surface area contributed by atoms with Gasteiger partial charge in [-0.25, -0.2) is 4.67 Å². The third-order valence-corrected chi connectivity index (χ3v) is 15.1. The van der Waals surface area contributed by atoms with Crippen molar-refractivity contribution in [1.29, 1.82) is 0 Å². The Morgan fingerprint density at radius 3 is 2.47 bits per heavy atom. The summed E-state index contributed by atoms with van der Waals surface area (Å²) in [4.78, 5) is 73.4. The molecule has 3 aromatic carbocycles. The number of fused-ring (bicyclic) bond motifs is 3. The number of thiophene rings is 1. The molecule has 0 spiro atoms. The molecule has 2 fully saturated rings. The minimum absolute atomic E-state index is 0.111. The summed E-state index contributed by atoms with van der Waals surface area (Å²) in [5.41, 5.74) is 2.50. The number of carbonyl (C=O) groups excluding carboxylic acids is 4. The van der Waals surface area contributed by atoms with Gasteiger partial charge in [0.2, 0.25) is 11.8 Å². The van der Waals surface area contributed by atoms with Gasteiger partial charge in [0.05, 0.1) is 23.1 Å². The van der Waals surface area contributed by atoms with E-state index in [4.69, 9.17) is 4.52 Å². The summed E-state index contributed by atoms with van der Waals surface area (Å²) in [6.07, 6.45) is 1.40. The number of hydrogen-bond acceptors (Lipinski definition) is 9. The molecule has 2 aromatic heterocycles. The van der Waals surface area contributed by atoms with E-state index in [0.29, 0.717) is 51.7 Å². The molecule has 2 aliphatic heterocycles. The second kappa shape index (κ2) is 17.2. The summed E-state index contributed by atoms with van der Waals surface area (Å²) in [6.45, 7) is 7.10. The van der Waals surface area contributed by atoms with Crippen molar-refractivity contribution in [2.24, 2.45) is 0 Å². The average Bonchev–Trinajstić information content (AvgIpc) is 3.94. The van der Waals surface area contributed by atoms with Crippen molar-refractivity contribution in [3.63, 3.8) is 0 Å². The molecule has 4 amide bonds. The van der Waals surface area contributed by atoms with Crippen LogP contribution in [-0.4, -0.2) is 122 Å². The van der Waals surface area contributed by atoms with Gasteiger partial charge in [-0.1, -0.05) is 35.9 Å². The quantitative estimate of drug-likeness (QED) is 0.123. The number of aromatic amines is 1. The number of H-pyrrole nitrogens is 1. The molecule has 2 aliphatic rings. The van der Waals surface area contributed by atoms with Crippen LogP contribution in [0.3, 0.4) is 0 Å². The molecule has 0 bridgehead atoms. The van der Waals surface area contributed by atoms with Crippen molar-refractivity contribution in [2.45, 2.75) is 83.3 Å². The highest BCUT2D eigenvalue weighted by atomic mass is 32.1. The summed E-state index contributed by atoms with van der Waals surface area (Å²) in [5.74, 6) is -2.33. The normalized spacial score (nSPS) is 19.8. The number of aryl methyl sites for hydroxylation is 1. The molecule has 0 aliphatic carbocycles. The molecule has 316 valence electrons. The number of carboxylic acids is 1. The number of hydrogen-bond donors (Lipinski definition) is 3. The van der Waals surface area contributed by atoms with Crippen LogP contribution in [0.4, 0.5) is 0 Å². The summed E-state index contributed by atoms with van der Waals surface area (Å²) in [6, 6.07) is 17.7. The molecule has 1 unspecified atom stereocenters. The molecule has 5 atom stereocenters. The summed E-state index contributed by atoms with van der Waals surface area (Å²) >= 11 is 1.21. The van der Waals surface area contributed by atoms with Crippen molar-refractivity contribution in [2.75, 3.05) is 27.2 Å². The first-order chi connectivity index (χ1) is 28.5. The second-order valence-electron chi connectivity index (χ2n) is 16.1. The minimum atomic E-state index is -3.88. The SMILES string of the molecule is Cc1ccc2[nH]nc(C(=O)N3CC[C@H]4CC[C@@H](C(=O)N(C)C)N4C(=O)[C@@H](NC(=O)c4cc5cc(CP(=O)(Oc6ccccc6)N(C(C)C)[C@@H](C)C(=O)O)ccc5s4)C3)c2c1. The number of nitrogens with zero attached hydrogens (tertiary/aromatic N) is 5. The van der Waals surface area contributed by atoms with Crippen molar-refractivity contribution in [3.05, 3.63) is 94.5 Å². The molecule has 15 nitrogen and oxygen atoms in total. The second-order valence-corrected chi connectivity index (χ2v) is 19.4. The number of aliphatic carboxylic acids is 1. The number of amides is 4. The average molecular weight is 856 g/mol. The largest absolute Gasteiger partial charge is 0.480 e. The fraction of sp³-hybridized carbons (Fsp3) is 0.395. The first-order valence-electron chi connectivity index (χ1n) is 20.0. The highest BCUT2D eigenvalue weighted by Crippen LogP contribution is 2.56. The van der Waals surface area contributed by atoms with E-state index in [2.05, 4.69) is 15.5 Å². The Kier molecular flexibility index (Phi) is 12.2. The predicted molar refractivity (Wildman–Crippen MR) is 229 cm³/mol. The first-order valence-corrected chi connectivity index (χ1v) is 22.6. The number of carboxylic acid groups (broad SMARTS) is 1. The molecule has 17 heteroatoms. The molecular weight excluding hydrogens is 806 g/mol. The summed E-state index contributed by atoms with van der Waals surface area (Å²) in [5, 5.41) is 21.5. The van der Waals surface area contributed by atoms with E-state index in [-0.39, 0.29) is 42.8 Å². The Labute approximate surface area is 352 Å². The van der Waals surface area contributed by atoms with Crippen molar-refractivity contribution >= 4 is 69.4 Å². The van der Waals surface area contributed by atoms with Crippen LogP contribution in [0.25, 0.3) is 21.0 Å². The van der Waals surface area contributed by atoms with E-state index in [1.54, 1.807) is 86.3 Å². The van der Waals surface area contributed by atoms with Gasteiger partial charge >= 0.3 is 13.5 Å². The van der Waals surface area contributed by atoms with Gasteiger partial charge in [0.25, 0.3) is 11.8 Å². The van der Waals surface area contributed by atoms with Gasteiger partial charge in [-0.05, 0) is 100 Å². The third-order valence-electron chi connectivity index (χ3n) is 11.2. The van der Waals surface area contributed by atoms with E-state index in [9.17, 15) is 33.6 Å². The number of rotatable bonds is 12. The standard InChI is InChI=1S/C43H50N7O8PS/c1-25(2)50(27(4)43(55)56)59(57,58-31-10-8-7-9-11-31)24-28-13-17-36-29(21-28)22-37(60-36)39(51)44-34-23-48(42(54)38-32-20-26(3)12-15-33(32)45-46-38)19-18-30-14-16-35(41(53)47(5)6)49(30)40(34)52/h7-13,15,17,20-22,25,27,30,34-35H,14,16,18-19,23-24H2,1-6H3,(H,44,51)(H,45,46)(H,55,56)/t27-,30+,34-,35-,59?/m0/s1. The predicted octanol–water partition coefficient (Wildman–Crippen LogP) is 6.13. The van der Waals surface area contributed by atoms with Gasteiger partial charge in [0.1, 0.15) is 23.9 Å². The number of aromatic nitrogens is 2. The Morgan fingerprint density at radius 2 is 1.77 bits per heavy atom. The Balaban J connectivity index is 1.18. The van der Waals surface area contributed by atoms with Gasteiger partial charge in [0, 0.05) is 42.8 Å². The number of carbonyl (C=O) groups is 5. The van der Waals surface area contributed by atoms with Gasteiger partial charge in [-0.2, -0.15) is 5.10 Å². The Hall–Kier alpha value is -5.57. The van der Waals surface area contributed by atoms with Crippen LogP contribution < -0.4 is 9.84 Å². The lowest BCUT2D eigenvalue weighted by molar-refractivity contribution is -0.146. The maximum Gasteiger partial charge on any atom is 0.324 e. The van der Waals surface area contributed by atoms with Crippen molar-refractivity contribution < 1.29 is 38.2 Å². The van der Waals surface area contributed by atoms with Gasteiger partial charge < -0.3 is 29.6 Å². The van der Waals surface area contributed by atoms with Gasteiger partial charge in [0.15, 0.2) is 5.69 Å². The van der Waals surface area contributed by atoms with Crippen LogP contribution in [0.1, 0.15) is 71.3 Å². The molecule has 7 rings (SSSR count).